The number of carbonyl (C=O) groups is 2. The van der Waals surface area contributed by atoms with E-state index < -0.39 is 0 Å². The molecule has 0 unspecified atom stereocenters. The van der Waals surface area contributed by atoms with E-state index in [0.717, 1.165) is 12.8 Å². The molecule has 2 N–H and O–H groups in total. The predicted octanol–water partition coefficient (Wildman–Crippen LogP) is 1.04. The molecule has 16 heavy (non-hydrogen) atoms. The highest BCUT2D eigenvalue weighted by atomic mass is 16.2. The molecule has 0 aromatic rings. The van der Waals surface area contributed by atoms with Crippen LogP contribution in [0.1, 0.15) is 44.9 Å². The van der Waals surface area contributed by atoms with E-state index >= 15 is 0 Å². The van der Waals surface area contributed by atoms with Gasteiger partial charge in [-0.15, -0.1) is 0 Å². The summed E-state index contributed by atoms with van der Waals surface area (Å²) in [6.07, 6.45) is 7.47. The lowest BCUT2D eigenvalue weighted by atomic mass is 10.1. The van der Waals surface area contributed by atoms with Gasteiger partial charge in [-0.3, -0.25) is 9.59 Å². The van der Waals surface area contributed by atoms with Gasteiger partial charge in [0.25, 0.3) is 0 Å². The second-order valence-corrected chi connectivity index (χ2v) is 4.99. The second kappa shape index (κ2) is 4.85. The SMILES string of the molecule is NC(=O)[C@@H]1CC(=O)N(C2CCCCCC2)C1. The number of primary amides is 1. The molecule has 0 aromatic carbocycles. The minimum atomic E-state index is -0.329. The van der Waals surface area contributed by atoms with Gasteiger partial charge in [0.1, 0.15) is 0 Å². The molecule has 1 atom stereocenters. The van der Waals surface area contributed by atoms with E-state index in [0.29, 0.717) is 19.0 Å². The Morgan fingerprint density at radius 3 is 2.31 bits per heavy atom. The third-order valence-corrected chi connectivity index (χ3v) is 3.83. The van der Waals surface area contributed by atoms with Gasteiger partial charge in [0.2, 0.25) is 11.8 Å². The monoisotopic (exact) mass is 224 g/mol. The molecule has 2 aliphatic rings. The maximum absolute atomic E-state index is 11.8. The molecular weight excluding hydrogens is 204 g/mol. The van der Waals surface area contributed by atoms with Gasteiger partial charge in [-0.05, 0) is 12.8 Å². The molecule has 4 heteroatoms. The van der Waals surface area contributed by atoms with Crippen LogP contribution in [0.2, 0.25) is 0 Å². The minimum absolute atomic E-state index is 0.121. The maximum Gasteiger partial charge on any atom is 0.223 e. The highest BCUT2D eigenvalue weighted by Crippen LogP contribution is 2.27. The quantitative estimate of drug-likeness (QED) is 0.712. The average Bonchev–Trinajstić information content (AvgIpc) is 2.50. The molecular formula is C12H20N2O2. The van der Waals surface area contributed by atoms with Gasteiger partial charge in [0, 0.05) is 19.0 Å². The van der Waals surface area contributed by atoms with Crippen LogP contribution in [-0.2, 0) is 9.59 Å². The van der Waals surface area contributed by atoms with Crippen LogP contribution >= 0.6 is 0 Å². The van der Waals surface area contributed by atoms with Crippen molar-refractivity contribution in [1.29, 1.82) is 0 Å². The van der Waals surface area contributed by atoms with Crippen LogP contribution in [0.4, 0.5) is 0 Å². The predicted molar refractivity (Wildman–Crippen MR) is 60.5 cm³/mol. The van der Waals surface area contributed by atoms with E-state index in [1.165, 1.54) is 25.7 Å². The van der Waals surface area contributed by atoms with Gasteiger partial charge in [0.15, 0.2) is 0 Å². The molecule has 4 nitrogen and oxygen atoms in total. The third kappa shape index (κ3) is 2.36. The number of amides is 2. The standard InChI is InChI=1S/C12H20N2O2/c13-12(16)9-7-11(15)14(8-9)10-5-3-1-2-4-6-10/h9-10H,1-8H2,(H2,13,16)/t9-/m1/s1. The topological polar surface area (TPSA) is 63.4 Å². The number of carbonyl (C=O) groups excluding carboxylic acids is 2. The van der Waals surface area contributed by atoms with Crippen molar-refractivity contribution in [1.82, 2.24) is 4.90 Å². The van der Waals surface area contributed by atoms with E-state index in [1.807, 2.05) is 4.90 Å². The second-order valence-electron chi connectivity index (χ2n) is 4.99. The van der Waals surface area contributed by atoms with Crippen molar-refractivity contribution in [3.05, 3.63) is 0 Å². The molecule has 1 saturated heterocycles. The highest BCUT2D eigenvalue weighted by Gasteiger charge is 2.36. The summed E-state index contributed by atoms with van der Waals surface area (Å²) >= 11 is 0. The lowest BCUT2D eigenvalue weighted by molar-refractivity contribution is -0.130. The van der Waals surface area contributed by atoms with Gasteiger partial charge in [-0.25, -0.2) is 0 Å². The molecule has 2 amide bonds. The van der Waals surface area contributed by atoms with Crippen molar-refractivity contribution < 1.29 is 9.59 Å². The van der Waals surface area contributed by atoms with E-state index in [2.05, 4.69) is 0 Å². The van der Waals surface area contributed by atoms with Gasteiger partial charge >= 0.3 is 0 Å². The summed E-state index contributed by atoms with van der Waals surface area (Å²) in [5.74, 6) is -0.462. The number of hydrogen-bond donors (Lipinski definition) is 1. The number of rotatable bonds is 2. The summed E-state index contributed by atoms with van der Waals surface area (Å²) in [6.45, 7) is 0.554. The van der Waals surface area contributed by atoms with Crippen LogP contribution in [0.15, 0.2) is 0 Å². The third-order valence-electron chi connectivity index (χ3n) is 3.83. The van der Waals surface area contributed by atoms with Crippen LogP contribution < -0.4 is 5.73 Å². The average molecular weight is 224 g/mol. The number of nitrogens with two attached hydrogens (primary N) is 1. The summed E-state index contributed by atoms with van der Waals surface area (Å²) in [5, 5.41) is 0. The van der Waals surface area contributed by atoms with Crippen LogP contribution in [0.25, 0.3) is 0 Å². The Morgan fingerprint density at radius 2 is 1.81 bits per heavy atom. The van der Waals surface area contributed by atoms with E-state index in [1.54, 1.807) is 0 Å². The molecule has 2 rings (SSSR count). The lowest BCUT2D eigenvalue weighted by Crippen LogP contribution is -2.37. The minimum Gasteiger partial charge on any atom is -0.369 e. The summed E-state index contributed by atoms with van der Waals surface area (Å²) < 4.78 is 0. The van der Waals surface area contributed by atoms with Crippen LogP contribution in [-0.4, -0.2) is 29.3 Å². The molecule has 1 saturated carbocycles. The first kappa shape index (κ1) is 11.4. The number of likely N-dealkylation sites (tertiary alicyclic amines) is 1. The molecule has 0 spiro atoms. The first-order valence-electron chi connectivity index (χ1n) is 6.27. The van der Waals surface area contributed by atoms with Gasteiger partial charge in [-0.2, -0.15) is 0 Å². The fourth-order valence-corrected chi connectivity index (χ4v) is 2.84. The maximum atomic E-state index is 11.8. The van der Waals surface area contributed by atoms with E-state index in [9.17, 15) is 9.59 Å². The van der Waals surface area contributed by atoms with E-state index in [-0.39, 0.29) is 17.7 Å². The zero-order valence-electron chi connectivity index (χ0n) is 9.65. The summed E-state index contributed by atoms with van der Waals surface area (Å²) in [7, 11) is 0. The van der Waals surface area contributed by atoms with Crippen LogP contribution in [0.5, 0.6) is 0 Å². The van der Waals surface area contributed by atoms with Crippen LogP contribution in [0, 0.1) is 5.92 Å². The molecule has 1 aliphatic carbocycles. The fourth-order valence-electron chi connectivity index (χ4n) is 2.84. The Hall–Kier alpha value is -1.06. The largest absolute Gasteiger partial charge is 0.369 e. The van der Waals surface area contributed by atoms with Gasteiger partial charge in [0.05, 0.1) is 5.92 Å². The van der Waals surface area contributed by atoms with Crippen molar-refractivity contribution in [3.63, 3.8) is 0 Å². The first-order chi connectivity index (χ1) is 7.68. The molecule has 2 fully saturated rings. The molecule has 0 radical (unpaired) electrons. The van der Waals surface area contributed by atoms with Crippen molar-refractivity contribution in [2.24, 2.45) is 11.7 Å². The lowest BCUT2D eigenvalue weighted by Gasteiger charge is -2.26. The van der Waals surface area contributed by atoms with Gasteiger partial charge in [-0.1, -0.05) is 25.7 Å². The summed E-state index contributed by atoms with van der Waals surface area (Å²) in [6, 6.07) is 0.361. The zero-order valence-corrected chi connectivity index (χ0v) is 9.65. The zero-order chi connectivity index (χ0) is 11.5. The van der Waals surface area contributed by atoms with Crippen molar-refractivity contribution in [2.45, 2.75) is 51.0 Å². The molecule has 1 aliphatic heterocycles. The Bertz CT molecular complexity index is 283. The van der Waals surface area contributed by atoms with Gasteiger partial charge < -0.3 is 10.6 Å². The molecule has 0 aromatic heterocycles. The van der Waals surface area contributed by atoms with E-state index in [4.69, 9.17) is 5.73 Å². The van der Waals surface area contributed by atoms with Crippen molar-refractivity contribution >= 4 is 11.8 Å². The Balaban J connectivity index is 1.98. The fraction of sp³-hybridized carbons (Fsp3) is 0.833. The smallest absolute Gasteiger partial charge is 0.223 e. The summed E-state index contributed by atoms with van der Waals surface area (Å²) in [5.41, 5.74) is 5.26. The highest BCUT2D eigenvalue weighted by molar-refractivity contribution is 5.88. The molecule has 0 bridgehead atoms. The molecule has 1 heterocycles. The Morgan fingerprint density at radius 1 is 1.19 bits per heavy atom. The van der Waals surface area contributed by atoms with Crippen LogP contribution in [0.3, 0.4) is 0 Å². The Kier molecular flexibility index (Phi) is 3.46. The summed E-state index contributed by atoms with van der Waals surface area (Å²) in [4.78, 5) is 24.8. The molecule has 90 valence electrons. The normalized spacial score (nSPS) is 28.1. The number of nitrogens with zero attached hydrogens (tertiary/aromatic N) is 1. The first-order valence-corrected chi connectivity index (χ1v) is 6.27. The van der Waals surface area contributed by atoms with Crippen molar-refractivity contribution in [3.8, 4) is 0 Å². The number of hydrogen-bond acceptors (Lipinski definition) is 2. The Labute approximate surface area is 96.2 Å². The van der Waals surface area contributed by atoms with Crippen molar-refractivity contribution in [2.75, 3.05) is 6.54 Å².